The number of esters is 3. The minimum Gasteiger partial charge on any atom is -0.479 e. The summed E-state index contributed by atoms with van der Waals surface area (Å²) < 4.78 is 28.5. The standard InChI is InChI=1S/C69H120O12/c1-4-7-10-13-16-19-22-25-28-30-31-33-36-39-42-45-48-51-54-57-63(72)80-67-65(74)64(73)66(68(75)76)81-69(67)78-59-60(79-62(71)56-53-50-47-44-41-38-34-27-24-21-18-15-12-9-6-3)58-77-61(70)55-52-49-46-43-40-37-35-32-29-26-23-20-17-14-11-8-5-2/h9,12,18,21,26-27,29,34,41,44,60,64-67,69,73-74H,4-8,10-11,13-17,19-20,22-25,28,30-33,35-40,42-43,45-59H2,1-3H3,(H,75,76)/b12-9-,21-18-,29-26-,34-27-,44-41-. The number of carboxylic acid groups (broad SMARTS) is 1. The summed E-state index contributed by atoms with van der Waals surface area (Å²) in [7, 11) is 0. The van der Waals surface area contributed by atoms with E-state index in [9.17, 15) is 34.5 Å². The van der Waals surface area contributed by atoms with Gasteiger partial charge in [0.2, 0.25) is 0 Å². The van der Waals surface area contributed by atoms with Gasteiger partial charge in [0.15, 0.2) is 24.6 Å². The van der Waals surface area contributed by atoms with Crippen molar-refractivity contribution in [3.63, 3.8) is 0 Å². The van der Waals surface area contributed by atoms with Crippen LogP contribution in [0.2, 0.25) is 0 Å². The Morgan fingerprint density at radius 1 is 0.420 bits per heavy atom. The Labute approximate surface area is 494 Å². The average Bonchev–Trinajstić information content (AvgIpc) is 3.52. The van der Waals surface area contributed by atoms with Crippen LogP contribution in [0.15, 0.2) is 60.8 Å². The SMILES string of the molecule is CC/C=C\C/C=C\C/C=C\C/C=C\CCCCC(=O)OC(COC(=O)CCCCCCCCC/C=C\CCCCCCCC)COC1OC(C(=O)O)C(O)C(O)C1OC(=O)CCCCCCCCCCCCCCCCCCCCC. The Hall–Kier alpha value is -3.58. The molecular formula is C69H120O12. The molecule has 6 unspecified atom stereocenters. The van der Waals surface area contributed by atoms with Gasteiger partial charge in [-0.3, -0.25) is 14.4 Å². The lowest BCUT2D eigenvalue weighted by Gasteiger charge is -2.40. The van der Waals surface area contributed by atoms with E-state index < -0.39 is 67.3 Å². The molecule has 1 rings (SSSR count). The van der Waals surface area contributed by atoms with Crippen molar-refractivity contribution >= 4 is 23.9 Å². The number of ether oxygens (including phenoxy) is 5. The molecule has 468 valence electrons. The van der Waals surface area contributed by atoms with Gasteiger partial charge >= 0.3 is 23.9 Å². The summed E-state index contributed by atoms with van der Waals surface area (Å²) in [5.41, 5.74) is 0. The highest BCUT2D eigenvalue weighted by molar-refractivity contribution is 5.74. The first-order valence-electron chi connectivity index (χ1n) is 33.3. The van der Waals surface area contributed by atoms with Gasteiger partial charge in [0.25, 0.3) is 0 Å². The molecule has 6 atom stereocenters. The van der Waals surface area contributed by atoms with Gasteiger partial charge in [-0.05, 0) is 83.5 Å². The van der Waals surface area contributed by atoms with E-state index in [0.717, 1.165) is 89.9 Å². The van der Waals surface area contributed by atoms with Crippen molar-refractivity contribution in [2.75, 3.05) is 13.2 Å². The Bertz CT molecular complexity index is 1640. The van der Waals surface area contributed by atoms with Gasteiger partial charge < -0.3 is 39.0 Å². The summed E-state index contributed by atoms with van der Waals surface area (Å²) >= 11 is 0. The highest BCUT2D eigenvalue weighted by Gasteiger charge is 2.50. The van der Waals surface area contributed by atoms with Crippen LogP contribution in [0.1, 0.15) is 303 Å². The first kappa shape index (κ1) is 75.4. The van der Waals surface area contributed by atoms with E-state index >= 15 is 0 Å². The summed E-state index contributed by atoms with van der Waals surface area (Å²) in [5, 5.41) is 31.6. The Morgan fingerprint density at radius 2 is 0.778 bits per heavy atom. The molecule has 0 saturated carbocycles. The third-order valence-corrected chi connectivity index (χ3v) is 15.1. The highest BCUT2D eigenvalue weighted by Crippen LogP contribution is 2.27. The van der Waals surface area contributed by atoms with E-state index in [4.69, 9.17) is 23.7 Å². The second-order valence-electron chi connectivity index (χ2n) is 22.7. The van der Waals surface area contributed by atoms with Crippen LogP contribution in [0.3, 0.4) is 0 Å². The summed E-state index contributed by atoms with van der Waals surface area (Å²) in [5.74, 6) is -3.16. The maximum absolute atomic E-state index is 13.2. The number of allylic oxidation sites excluding steroid dienone is 10. The molecule has 1 aliphatic rings. The second-order valence-corrected chi connectivity index (χ2v) is 22.7. The topological polar surface area (TPSA) is 175 Å². The van der Waals surface area contributed by atoms with Crippen LogP contribution >= 0.6 is 0 Å². The number of carbonyl (C=O) groups is 4. The summed E-state index contributed by atoms with van der Waals surface area (Å²) in [6.45, 7) is 5.88. The fraction of sp³-hybridized carbons (Fsp3) is 0.797. The van der Waals surface area contributed by atoms with Crippen molar-refractivity contribution in [1.82, 2.24) is 0 Å². The predicted octanol–water partition coefficient (Wildman–Crippen LogP) is 17.9. The molecule has 1 aliphatic heterocycles. The smallest absolute Gasteiger partial charge is 0.335 e. The van der Waals surface area contributed by atoms with Crippen LogP contribution in [-0.2, 0) is 42.9 Å². The van der Waals surface area contributed by atoms with Crippen LogP contribution in [0.4, 0.5) is 0 Å². The Kier molecular flexibility index (Phi) is 53.0. The quantitative estimate of drug-likeness (QED) is 0.0228. The highest BCUT2D eigenvalue weighted by atomic mass is 16.7. The van der Waals surface area contributed by atoms with E-state index in [1.54, 1.807) is 0 Å². The molecule has 0 radical (unpaired) electrons. The van der Waals surface area contributed by atoms with Gasteiger partial charge in [0.1, 0.15) is 18.8 Å². The van der Waals surface area contributed by atoms with Crippen molar-refractivity contribution in [3.8, 4) is 0 Å². The first-order chi connectivity index (χ1) is 39.6. The van der Waals surface area contributed by atoms with Gasteiger partial charge in [0, 0.05) is 19.3 Å². The van der Waals surface area contributed by atoms with Crippen LogP contribution in [0, 0.1) is 0 Å². The number of unbranched alkanes of at least 4 members (excludes halogenated alkanes) is 33. The summed E-state index contributed by atoms with van der Waals surface area (Å²) in [4.78, 5) is 51.3. The van der Waals surface area contributed by atoms with Crippen LogP contribution < -0.4 is 0 Å². The lowest BCUT2D eigenvalue weighted by Crippen LogP contribution is -2.61. The number of rotatable bonds is 57. The minimum atomic E-state index is -1.91. The third kappa shape index (κ3) is 46.5. The maximum Gasteiger partial charge on any atom is 0.335 e. The van der Waals surface area contributed by atoms with Crippen molar-refractivity contribution in [2.45, 2.75) is 340 Å². The molecule has 0 aliphatic carbocycles. The van der Waals surface area contributed by atoms with Crippen molar-refractivity contribution in [3.05, 3.63) is 60.8 Å². The van der Waals surface area contributed by atoms with E-state index in [2.05, 4.69) is 81.5 Å². The van der Waals surface area contributed by atoms with E-state index in [-0.39, 0.29) is 25.9 Å². The van der Waals surface area contributed by atoms with Gasteiger partial charge in [-0.15, -0.1) is 0 Å². The van der Waals surface area contributed by atoms with Crippen molar-refractivity contribution < 1.29 is 58.2 Å². The summed E-state index contributed by atoms with van der Waals surface area (Å²) in [6.07, 6.45) is 59.0. The number of carbonyl (C=O) groups excluding carboxylic acids is 3. The molecule has 1 fully saturated rings. The normalized spacial score (nSPS) is 18.1. The monoisotopic (exact) mass is 1140 g/mol. The number of aliphatic carboxylic acids is 1. The molecule has 1 heterocycles. The lowest BCUT2D eigenvalue weighted by molar-refractivity contribution is -0.301. The fourth-order valence-corrected chi connectivity index (χ4v) is 10.0. The largest absolute Gasteiger partial charge is 0.479 e. The molecule has 0 aromatic carbocycles. The summed E-state index contributed by atoms with van der Waals surface area (Å²) in [6, 6.07) is 0. The van der Waals surface area contributed by atoms with Crippen LogP contribution in [0.25, 0.3) is 0 Å². The zero-order valence-electron chi connectivity index (χ0n) is 51.8. The zero-order valence-corrected chi connectivity index (χ0v) is 51.8. The van der Waals surface area contributed by atoms with Gasteiger partial charge in [-0.1, -0.05) is 261 Å². The van der Waals surface area contributed by atoms with Gasteiger partial charge in [-0.25, -0.2) is 4.79 Å². The first-order valence-corrected chi connectivity index (χ1v) is 33.3. The van der Waals surface area contributed by atoms with E-state index in [1.807, 2.05) is 0 Å². The molecule has 3 N–H and O–H groups in total. The van der Waals surface area contributed by atoms with E-state index in [1.165, 1.54) is 154 Å². The Morgan fingerprint density at radius 3 is 1.22 bits per heavy atom. The number of hydrogen-bond donors (Lipinski definition) is 3. The van der Waals surface area contributed by atoms with Crippen molar-refractivity contribution in [1.29, 1.82) is 0 Å². The van der Waals surface area contributed by atoms with Crippen LogP contribution in [-0.4, -0.2) is 89.2 Å². The van der Waals surface area contributed by atoms with Crippen molar-refractivity contribution in [2.24, 2.45) is 0 Å². The van der Waals surface area contributed by atoms with E-state index in [0.29, 0.717) is 19.3 Å². The number of aliphatic hydroxyl groups excluding tert-OH is 2. The second kappa shape index (κ2) is 56.9. The fourth-order valence-electron chi connectivity index (χ4n) is 10.0. The molecule has 12 heteroatoms. The molecule has 0 aromatic rings. The number of aliphatic hydroxyl groups is 2. The van der Waals surface area contributed by atoms with Crippen LogP contribution in [0.5, 0.6) is 0 Å². The maximum atomic E-state index is 13.2. The molecule has 0 bridgehead atoms. The molecule has 1 saturated heterocycles. The predicted molar refractivity (Wildman–Crippen MR) is 331 cm³/mol. The van der Waals surface area contributed by atoms with Gasteiger partial charge in [0.05, 0.1) is 6.61 Å². The third-order valence-electron chi connectivity index (χ3n) is 15.1. The molecule has 12 nitrogen and oxygen atoms in total. The lowest BCUT2D eigenvalue weighted by atomic mass is 9.98. The molecule has 0 spiro atoms. The number of hydrogen-bond acceptors (Lipinski definition) is 11. The molecule has 0 amide bonds. The zero-order chi connectivity index (χ0) is 58.9. The molecular weight excluding hydrogens is 1020 g/mol. The Balaban J connectivity index is 2.65. The molecule has 0 aromatic heterocycles. The minimum absolute atomic E-state index is 0.0585. The average molecular weight is 1140 g/mol. The number of carboxylic acids is 1. The van der Waals surface area contributed by atoms with Gasteiger partial charge in [-0.2, -0.15) is 0 Å². The molecule has 81 heavy (non-hydrogen) atoms.